The molecule has 0 aromatic carbocycles. The SMILES string of the molecule is CCCS(=O)(=O)CC(=O)NC1(CN)CCCC1. The van der Waals surface area contributed by atoms with Crippen LogP contribution in [0.15, 0.2) is 0 Å². The Morgan fingerprint density at radius 1 is 1.35 bits per heavy atom. The topological polar surface area (TPSA) is 89.3 Å². The van der Waals surface area contributed by atoms with Gasteiger partial charge in [0.25, 0.3) is 0 Å². The molecular weight excluding hydrogens is 240 g/mol. The van der Waals surface area contributed by atoms with Gasteiger partial charge >= 0.3 is 0 Å². The Labute approximate surface area is 103 Å². The third kappa shape index (κ3) is 4.27. The first kappa shape index (κ1) is 14.4. The van der Waals surface area contributed by atoms with Crippen molar-refractivity contribution in [2.24, 2.45) is 5.73 Å². The largest absolute Gasteiger partial charge is 0.349 e. The van der Waals surface area contributed by atoms with E-state index < -0.39 is 21.5 Å². The van der Waals surface area contributed by atoms with Crippen LogP contribution in [0.5, 0.6) is 0 Å². The Kier molecular flexibility index (Phi) is 4.94. The molecule has 17 heavy (non-hydrogen) atoms. The molecule has 0 spiro atoms. The number of nitrogens with one attached hydrogen (secondary N) is 1. The van der Waals surface area contributed by atoms with Gasteiger partial charge in [0.15, 0.2) is 9.84 Å². The summed E-state index contributed by atoms with van der Waals surface area (Å²) in [5.41, 5.74) is 5.31. The lowest BCUT2D eigenvalue weighted by Gasteiger charge is -2.28. The minimum atomic E-state index is -3.26. The quantitative estimate of drug-likeness (QED) is 0.715. The minimum Gasteiger partial charge on any atom is -0.349 e. The number of amides is 1. The number of rotatable bonds is 6. The summed E-state index contributed by atoms with van der Waals surface area (Å²) in [7, 11) is -3.26. The normalized spacial score (nSPS) is 19.2. The van der Waals surface area contributed by atoms with Gasteiger partial charge in [-0.05, 0) is 19.3 Å². The van der Waals surface area contributed by atoms with Gasteiger partial charge in [0.1, 0.15) is 5.75 Å². The molecule has 0 aromatic rings. The van der Waals surface area contributed by atoms with Crippen LogP contribution < -0.4 is 11.1 Å². The maximum atomic E-state index is 11.7. The van der Waals surface area contributed by atoms with Crippen molar-refractivity contribution in [1.29, 1.82) is 0 Å². The number of carbonyl (C=O) groups excluding carboxylic acids is 1. The average molecular weight is 262 g/mol. The first-order valence-corrected chi connectivity index (χ1v) is 7.97. The highest BCUT2D eigenvalue weighted by Gasteiger charge is 2.34. The fourth-order valence-corrected chi connectivity index (χ4v) is 3.58. The second-order valence-corrected chi connectivity index (χ2v) is 7.02. The van der Waals surface area contributed by atoms with Crippen LogP contribution in [0.4, 0.5) is 0 Å². The molecule has 1 aliphatic rings. The summed E-state index contributed by atoms with van der Waals surface area (Å²) >= 11 is 0. The third-order valence-electron chi connectivity index (χ3n) is 3.22. The number of nitrogens with two attached hydrogens (primary N) is 1. The maximum absolute atomic E-state index is 11.7. The average Bonchev–Trinajstić information content (AvgIpc) is 2.65. The van der Waals surface area contributed by atoms with Crippen LogP contribution >= 0.6 is 0 Å². The van der Waals surface area contributed by atoms with Crippen molar-refractivity contribution in [3.63, 3.8) is 0 Å². The van der Waals surface area contributed by atoms with E-state index in [1.807, 2.05) is 0 Å². The Morgan fingerprint density at radius 3 is 2.41 bits per heavy atom. The lowest BCUT2D eigenvalue weighted by molar-refractivity contribution is -0.120. The van der Waals surface area contributed by atoms with Crippen LogP contribution in [-0.4, -0.2) is 37.9 Å². The summed E-state index contributed by atoms with van der Waals surface area (Å²) in [6.45, 7) is 2.17. The molecule has 1 aliphatic carbocycles. The molecule has 100 valence electrons. The van der Waals surface area contributed by atoms with Crippen LogP contribution in [0, 0.1) is 0 Å². The van der Waals surface area contributed by atoms with Crippen molar-refractivity contribution in [2.45, 2.75) is 44.6 Å². The van der Waals surface area contributed by atoms with Crippen LogP contribution in [0.1, 0.15) is 39.0 Å². The minimum absolute atomic E-state index is 0.0655. The summed E-state index contributed by atoms with van der Waals surface area (Å²) < 4.78 is 23.0. The van der Waals surface area contributed by atoms with E-state index in [9.17, 15) is 13.2 Å². The van der Waals surface area contributed by atoms with Gasteiger partial charge < -0.3 is 11.1 Å². The number of carbonyl (C=O) groups is 1. The zero-order valence-electron chi connectivity index (χ0n) is 10.4. The molecule has 0 heterocycles. The van der Waals surface area contributed by atoms with Gasteiger partial charge in [-0.25, -0.2) is 8.42 Å². The van der Waals surface area contributed by atoms with Gasteiger partial charge in [0, 0.05) is 6.54 Å². The third-order valence-corrected chi connectivity index (χ3v) is 4.95. The van der Waals surface area contributed by atoms with E-state index in [4.69, 9.17) is 5.73 Å². The smallest absolute Gasteiger partial charge is 0.235 e. The first-order valence-electron chi connectivity index (χ1n) is 6.14. The molecule has 3 N–H and O–H groups in total. The maximum Gasteiger partial charge on any atom is 0.235 e. The molecule has 1 saturated carbocycles. The predicted molar refractivity (Wildman–Crippen MR) is 67.3 cm³/mol. The van der Waals surface area contributed by atoms with E-state index >= 15 is 0 Å². The molecule has 5 nitrogen and oxygen atoms in total. The highest BCUT2D eigenvalue weighted by atomic mass is 32.2. The standard InChI is InChI=1S/C11H22N2O3S/c1-2-7-17(15,16)8-10(14)13-11(9-12)5-3-4-6-11/h2-9,12H2,1H3,(H,13,14). The highest BCUT2D eigenvalue weighted by molar-refractivity contribution is 7.92. The molecule has 0 aliphatic heterocycles. The fraction of sp³-hybridized carbons (Fsp3) is 0.909. The van der Waals surface area contributed by atoms with Gasteiger partial charge in [-0.3, -0.25) is 4.79 Å². The van der Waals surface area contributed by atoms with Crippen molar-refractivity contribution in [3.8, 4) is 0 Å². The van der Waals surface area contributed by atoms with Gasteiger partial charge in [-0.15, -0.1) is 0 Å². The molecule has 1 amide bonds. The molecule has 1 rings (SSSR count). The van der Waals surface area contributed by atoms with Gasteiger partial charge in [0.2, 0.25) is 5.91 Å². The van der Waals surface area contributed by atoms with Crippen molar-refractivity contribution in [2.75, 3.05) is 18.1 Å². The molecule has 0 radical (unpaired) electrons. The second kappa shape index (κ2) is 5.82. The van der Waals surface area contributed by atoms with Crippen molar-refractivity contribution >= 4 is 15.7 Å². The summed E-state index contributed by atoms with van der Waals surface area (Å²) in [5, 5.41) is 2.81. The highest BCUT2D eigenvalue weighted by Crippen LogP contribution is 2.28. The number of hydrogen-bond donors (Lipinski definition) is 2. The van der Waals surface area contributed by atoms with E-state index in [2.05, 4.69) is 5.32 Å². The van der Waals surface area contributed by atoms with E-state index in [-0.39, 0.29) is 11.3 Å². The lowest BCUT2D eigenvalue weighted by atomic mass is 9.98. The summed E-state index contributed by atoms with van der Waals surface area (Å²) in [6.07, 6.45) is 4.32. The zero-order valence-corrected chi connectivity index (χ0v) is 11.2. The fourth-order valence-electron chi connectivity index (χ4n) is 2.35. The Hall–Kier alpha value is -0.620. The Bertz CT molecular complexity index is 359. The summed E-state index contributed by atoms with van der Waals surface area (Å²) in [6, 6.07) is 0. The number of hydrogen-bond acceptors (Lipinski definition) is 4. The molecule has 6 heteroatoms. The molecule has 0 atom stereocenters. The monoisotopic (exact) mass is 262 g/mol. The van der Waals surface area contributed by atoms with E-state index in [0.717, 1.165) is 25.7 Å². The van der Waals surface area contributed by atoms with Crippen LogP contribution in [0.2, 0.25) is 0 Å². The number of sulfone groups is 1. The second-order valence-electron chi connectivity index (χ2n) is 4.83. The van der Waals surface area contributed by atoms with Gasteiger partial charge in [-0.1, -0.05) is 19.8 Å². The zero-order chi connectivity index (χ0) is 12.9. The van der Waals surface area contributed by atoms with Crippen molar-refractivity contribution < 1.29 is 13.2 Å². The van der Waals surface area contributed by atoms with Crippen LogP contribution in [-0.2, 0) is 14.6 Å². The molecule has 0 unspecified atom stereocenters. The Morgan fingerprint density at radius 2 is 1.94 bits per heavy atom. The molecule has 0 saturated heterocycles. The molecule has 0 bridgehead atoms. The summed E-state index contributed by atoms with van der Waals surface area (Å²) in [5.74, 6) is -0.760. The van der Waals surface area contributed by atoms with Gasteiger partial charge in [0.05, 0.1) is 11.3 Å². The van der Waals surface area contributed by atoms with Crippen LogP contribution in [0.3, 0.4) is 0 Å². The van der Waals surface area contributed by atoms with E-state index in [0.29, 0.717) is 13.0 Å². The summed E-state index contributed by atoms with van der Waals surface area (Å²) in [4.78, 5) is 11.7. The molecule has 0 aromatic heterocycles. The molecular formula is C11H22N2O3S. The van der Waals surface area contributed by atoms with Crippen molar-refractivity contribution in [3.05, 3.63) is 0 Å². The lowest BCUT2D eigenvalue weighted by Crippen LogP contribution is -2.53. The first-order chi connectivity index (χ1) is 7.93. The van der Waals surface area contributed by atoms with Gasteiger partial charge in [-0.2, -0.15) is 0 Å². The van der Waals surface area contributed by atoms with E-state index in [1.54, 1.807) is 6.92 Å². The van der Waals surface area contributed by atoms with Crippen molar-refractivity contribution in [1.82, 2.24) is 5.32 Å². The van der Waals surface area contributed by atoms with Crippen LogP contribution in [0.25, 0.3) is 0 Å². The molecule has 1 fully saturated rings. The Balaban J connectivity index is 2.54. The predicted octanol–water partition coefficient (Wildman–Crippen LogP) is 0.199. The van der Waals surface area contributed by atoms with E-state index in [1.165, 1.54) is 0 Å².